The lowest BCUT2D eigenvalue weighted by Crippen LogP contribution is -2.26. The maximum Gasteiger partial charge on any atom is 0.00811 e. The van der Waals surface area contributed by atoms with Gasteiger partial charge in [0, 0.05) is 15.7 Å². The minimum absolute atomic E-state index is 0.743. The quantitative estimate of drug-likeness (QED) is 0.235. The van der Waals surface area contributed by atoms with Gasteiger partial charge in [0.15, 0.2) is 0 Å². The van der Waals surface area contributed by atoms with Gasteiger partial charge in [-0.3, -0.25) is 0 Å². The molecule has 12 atom stereocenters. The Bertz CT molecular complexity index is 622. The molecule has 6 fully saturated rings. The van der Waals surface area contributed by atoms with Gasteiger partial charge in [-0.1, -0.05) is 0 Å². The lowest BCUT2D eigenvalue weighted by atomic mass is 9.86. The van der Waals surface area contributed by atoms with Crippen molar-refractivity contribution in [3.63, 3.8) is 0 Å². The Morgan fingerprint density at radius 1 is 0.548 bits per heavy atom. The van der Waals surface area contributed by atoms with Crippen LogP contribution in [0.15, 0.2) is 0 Å². The van der Waals surface area contributed by atoms with Crippen molar-refractivity contribution in [1.29, 1.82) is 0 Å². The summed E-state index contributed by atoms with van der Waals surface area (Å²) in [7, 11) is 0. The average molecular weight is 497 g/mol. The van der Waals surface area contributed by atoms with E-state index in [2.05, 4.69) is 36.2 Å². The van der Waals surface area contributed by atoms with Crippen LogP contribution in [0.1, 0.15) is 77.0 Å². The zero-order valence-electron chi connectivity index (χ0n) is 19.2. The molecule has 6 saturated carbocycles. The predicted molar refractivity (Wildman–Crippen MR) is 146 cm³/mol. The van der Waals surface area contributed by atoms with E-state index >= 15 is 0 Å². The highest BCUT2D eigenvalue weighted by atomic mass is 32.2. The minimum atomic E-state index is 0.743. The largest absolute Gasteiger partial charge is 0.179 e. The van der Waals surface area contributed by atoms with E-state index in [9.17, 15) is 0 Å². The van der Waals surface area contributed by atoms with Gasteiger partial charge in [0.2, 0.25) is 0 Å². The smallest absolute Gasteiger partial charge is 0.00811 e. The molecule has 0 amide bonds. The van der Waals surface area contributed by atoms with Gasteiger partial charge in [0.25, 0.3) is 0 Å². The Morgan fingerprint density at radius 3 is 1.52 bits per heavy atom. The van der Waals surface area contributed by atoms with Crippen LogP contribution in [0, 0.1) is 53.3 Å². The van der Waals surface area contributed by atoms with E-state index in [-0.39, 0.29) is 0 Å². The summed E-state index contributed by atoms with van der Waals surface area (Å²) in [6, 6.07) is 0. The highest BCUT2D eigenvalue weighted by molar-refractivity contribution is 8.00. The van der Waals surface area contributed by atoms with Gasteiger partial charge in [0.1, 0.15) is 0 Å². The number of fused-ring (bicyclic) bond motifs is 6. The third-order valence-corrected chi connectivity index (χ3v) is 14.8. The van der Waals surface area contributed by atoms with E-state index in [0.717, 1.165) is 74.8 Å². The van der Waals surface area contributed by atoms with Gasteiger partial charge in [-0.25, -0.2) is 0 Å². The first-order valence-corrected chi connectivity index (χ1v) is 16.9. The molecule has 4 heteroatoms. The van der Waals surface area contributed by atoms with Gasteiger partial charge < -0.3 is 0 Å². The SMILES string of the molecule is SCC[C@@H]1CC2CC1CC2SC1CC2CC1CC2CCSCCC1CC2CC1CC2S. The predicted octanol–water partition coefficient (Wildman–Crippen LogP) is 7.73. The van der Waals surface area contributed by atoms with Crippen molar-refractivity contribution < 1.29 is 0 Å². The molecule has 6 rings (SSSR count). The van der Waals surface area contributed by atoms with Gasteiger partial charge >= 0.3 is 0 Å². The van der Waals surface area contributed by atoms with Crippen LogP contribution in [-0.2, 0) is 0 Å². The zero-order valence-corrected chi connectivity index (χ0v) is 22.7. The summed E-state index contributed by atoms with van der Waals surface area (Å²) in [6.45, 7) is 0. The van der Waals surface area contributed by atoms with E-state index in [0.29, 0.717) is 0 Å². The van der Waals surface area contributed by atoms with Crippen LogP contribution in [0.4, 0.5) is 0 Å². The molecule has 0 aromatic rings. The molecule has 31 heavy (non-hydrogen) atoms. The van der Waals surface area contributed by atoms with Crippen LogP contribution in [-0.4, -0.2) is 33.0 Å². The van der Waals surface area contributed by atoms with E-state index < -0.39 is 0 Å². The molecule has 11 unspecified atom stereocenters. The third-order valence-electron chi connectivity index (χ3n) is 11.0. The molecule has 0 saturated heterocycles. The van der Waals surface area contributed by atoms with Crippen LogP contribution in [0.5, 0.6) is 0 Å². The Morgan fingerprint density at radius 2 is 1.06 bits per heavy atom. The summed E-state index contributed by atoms with van der Waals surface area (Å²) >= 11 is 14.1. The number of hydrogen-bond acceptors (Lipinski definition) is 4. The fourth-order valence-electron chi connectivity index (χ4n) is 9.40. The van der Waals surface area contributed by atoms with Crippen molar-refractivity contribution in [3.8, 4) is 0 Å². The first-order valence-electron chi connectivity index (χ1n) is 13.7. The lowest BCUT2D eigenvalue weighted by molar-refractivity contribution is 0.323. The fourth-order valence-corrected chi connectivity index (χ4v) is 13.4. The molecule has 176 valence electrons. The Hall–Kier alpha value is 1.40. The van der Waals surface area contributed by atoms with Gasteiger partial charge in [0.05, 0.1) is 0 Å². The van der Waals surface area contributed by atoms with E-state index in [1.807, 2.05) is 0 Å². The van der Waals surface area contributed by atoms with Crippen molar-refractivity contribution in [1.82, 2.24) is 0 Å². The molecule has 0 aromatic carbocycles. The summed E-state index contributed by atoms with van der Waals surface area (Å²) in [6.07, 6.45) is 18.3. The monoisotopic (exact) mass is 496 g/mol. The summed E-state index contributed by atoms with van der Waals surface area (Å²) in [5.74, 6) is 13.5. The maximum absolute atomic E-state index is 4.79. The fraction of sp³-hybridized carbons (Fsp3) is 1.00. The number of thiol groups is 2. The van der Waals surface area contributed by atoms with E-state index in [1.54, 1.807) is 38.5 Å². The minimum Gasteiger partial charge on any atom is -0.179 e. The molecule has 0 nitrogen and oxygen atoms in total. The molecule has 0 N–H and O–H groups in total. The number of thioether (sulfide) groups is 2. The molecule has 0 heterocycles. The number of rotatable bonds is 10. The molecule has 0 spiro atoms. The molecule has 0 aliphatic heterocycles. The van der Waals surface area contributed by atoms with Gasteiger partial charge in [-0.2, -0.15) is 48.8 Å². The molecule has 0 radical (unpaired) electrons. The summed E-state index contributed by atoms with van der Waals surface area (Å²) in [5, 5.41) is 2.81. The first-order chi connectivity index (χ1) is 15.2. The zero-order chi connectivity index (χ0) is 20.9. The third kappa shape index (κ3) is 4.65. The van der Waals surface area contributed by atoms with Gasteiger partial charge in [-0.05, 0) is 148 Å². The van der Waals surface area contributed by atoms with Crippen LogP contribution >= 0.6 is 48.8 Å². The Labute approximate surface area is 211 Å². The summed E-state index contributed by atoms with van der Waals surface area (Å²) in [5.41, 5.74) is 0. The van der Waals surface area contributed by atoms with Crippen LogP contribution in [0.2, 0.25) is 0 Å². The van der Waals surface area contributed by atoms with E-state index in [1.165, 1.54) is 50.0 Å². The van der Waals surface area contributed by atoms with Crippen molar-refractivity contribution >= 4 is 48.8 Å². The summed E-state index contributed by atoms with van der Waals surface area (Å²) < 4.78 is 0. The van der Waals surface area contributed by atoms with Crippen molar-refractivity contribution in [3.05, 3.63) is 0 Å². The molecular formula is C27H44S4. The maximum atomic E-state index is 4.79. The Kier molecular flexibility index (Phi) is 7.22. The van der Waals surface area contributed by atoms with E-state index in [4.69, 9.17) is 12.6 Å². The molecule has 6 aliphatic carbocycles. The normalized spacial score (nSPS) is 52.1. The topological polar surface area (TPSA) is 0 Å². The highest BCUT2D eigenvalue weighted by Crippen LogP contribution is 2.60. The second-order valence-electron chi connectivity index (χ2n) is 12.4. The van der Waals surface area contributed by atoms with Crippen molar-refractivity contribution in [2.24, 2.45) is 53.3 Å². The van der Waals surface area contributed by atoms with Gasteiger partial charge in [-0.15, -0.1) is 0 Å². The van der Waals surface area contributed by atoms with Crippen LogP contribution < -0.4 is 0 Å². The molecule has 6 bridgehead atoms. The van der Waals surface area contributed by atoms with Crippen LogP contribution in [0.3, 0.4) is 0 Å². The van der Waals surface area contributed by atoms with Crippen LogP contribution in [0.25, 0.3) is 0 Å². The lowest BCUT2D eigenvalue weighted by Gasteiger charge is -2.33. The number of hydrogen-bond donors (Lipinski definition) is 2. The standard InChI is InChI=1S/C27H44S4/c28-4-1-16-8-23-11-20(16)14-26(23)31-27-15-21-12-24(27)9-18(21)3-6-30-5-2-17-7-22-10-19(17)13-25(22)29/h16-29H,1-15H2/t16-,17?,18?,19?,20?,21?,22?,23?,24?,25?,26?,27?/m1/s1. The molecule has 0 aromatic heterocycles. The second-order valence-corrected chi connectivity index (χ2v) is 16.3. The van der Waals surface area contributed by atoms with Crippen molar-refractivity contribution in [2.75, 3.05) is 17.3 Å². The van der Waals surface area contributed by atoms with Crippen molar-refractivity contribution in [2.45, 2.75) is 92.8 Å². The average Bonchev–Trinajstić information content (AvgIpc) is 3.57. The first kappa shape index (κ1) is 22.8. The second kappa shape index (κ2) is 9.81. The summed E-state index contributed by atoms with van der Waals surface area (Å²) in [4.78, 5) is 0. The highest BCUT2D eigenvalue weighted by Gasteiger charge is 2.50. The Balaban J connectivity index is 0.869. The molecular weight excluding hydrogens is 453 g/mol. The molecule has 6 aliphatic rings.